The lowest BCUT2D eigenvalue weighted by Gasteiger charge is -2.14. The average molecular weight is 201 g/mol. The smallest absolute Gasteiger partial charge is 0.0616 e. The van der Waals surface area contributed by atoms with Gasteiger partial charge in [-0.05, 0) is 39.2 Å². The Bertz CT molecular complexity index is 135. The second kappa shape index (κ2) is 7.21. The zero-order valence-electron chi connectivity index (χ0n) is 9.42. The first-order chi connectivity index (χ1) is 6.83. The topological polar surface area (TPSA) is 30.5 Å². The molecule has 1 saturated heterocycles. The van der Waals surface area contributed by atoms with Crippen molar-refractivity contribution in [1.82, 2.24) is 5.32 Å². The van der Waals surface area contributed by atoms with Crippen LogP contribution >= 0.6 is 0 Å². The maximum absolute atomic E-state index is 5.33. The Balaban J connectivity index is 1.91. The molecule has 2 atom stereocenters. The van der Waals surface area contributed by atoms with Crippen LogP contribution in [0, 0.1) is 5.92 Å². The Hall–Kier alpha value is -0.120. The molecule has 0 aliphatic carbocycles. The maximum Gasteiger partial charge on any atom is 0.0616 e. The standard InChI is InChI=1S/C11H23NO2/c1-3-13-8-10(2)12-6-4-11-5-7-14-9-11/h10-12H,3-9H2,1-2H3. The average Bonchev–Trinajstić information content (AvgIpc) is 2.67. The van der Waals surface area contributed by atoms with Crippen molar-refractivity contribution in [2.24, 2.45) is 5.92 Å². The Morgan fingerprint density at radius 1 is 1.57 bits per heavy atom. The van der Waals surface area contributed by atoms with Gasteiger partial charge in [0.15, 0.2) is 0 Å². The van der Waals surface area contributed by atoms with E-state index in [1.165, 1.54) is 12.8 Å². The van der Waals surface area contributed by atoms with E-state index in [0.29, 0.717) is 6.04 Å². The predicted octanol–water partition coefficient (Wildman–Crippen LogP) is 1.43. The molecule has 84 valence electrons. The number of hydrogen-bond donors (Lipinski definition) is 1. The number of ether oxygens (including phenoxy) is 2. The molecule has 0 aromatic heterocycles. The van der Waals surface area contributed by atoms with Crippen LogP contribution in [0.3, 0.4) is 0 Å². The fourth-order valence-corrected chi connectivity index (χ4v) is 1.70. The van der Waals surface area contributed by atoms with Crippen LogP contribution in [0.25, 0.3) is 0 Å². The van der Waals surface area contributed by atoms with Gasteiger partial charge in [-0.15, -0.1) is 0 Å². The highest BCUT2D eigenvalue weighted by Gasteiger charge is 2.14. The minimum Gasteiger partial charge on any atom is -0.381 e. The van der Waals surface area contributed by atoms with Crippen LogP contribution in [-0.2, 0) is 9.47 Å². The summed E-state index contributed by atoms with van der Waals surface area (Å²) in [6.45, 7) is 8.83. The summed E-state index contributed by atoms with van der Waals surface area (Å²) in [7, 11) is 0. The number of hydrogen-bond acceptors (Lipinski definition) is 3. The molecule has 3 nitrogen and oxygen atoms in total. The highest BCUT2D eigenvalue weighted by Crippen LogP contribution is 2.15. The zero-order chi connectivity index (χ0) is 10.2. The van der Waals surface area contributed by atoms with Gasteiger partial charge in [-0.25, -0.2) is 0 Å². The van der Waals surface area contributed by atoms with E-state index >= 15 is 0 Å². The van der Waals surface area contributed by atoms with Crippen LogP contribution < -0.4 is 5.32 Å². The van der Waals surface area contributed by atoms with Crippen LogP contribution in [0.4, 0.5) is 0 Å². The van der Waals surface area contributed by atoms with Gasteiger partial charge >= 0.3 is 0 Å². The van der Waals surface area contributed by atoms with Crippen molar-refractivity contribution in [1.29, 1.82) is 0 Å². The van der Waals surface area contributed by atoms with Gasteiger partial charge in [0.1, 0.15) is 0 Å². The van der Waals surface area contributed by atoms with E-state index in [9.17, 15) is 0 Å². The first-order valence-electron chi connectivity index (χ1n) is 5.71. The highest BCUT2D eigenvalue weighted by atomic mass is 16.5. The second-order valence-corrected chi connectivity index (χ2v) is 4.03. The third-order valence-corrected chi connectivity index (χ3v) is 2.64. The van der Waals surface area contributed by atoms with E-state index in [1.54, 1.807) is 0 Å². The van der Waals surface area contributed by atoms with Gasteiger partial charge in [0.2, 0.25) is 0 Å². The second-order valence-electron chi connectivity index (χ2n) is 4.03. The molecule has 3 heteroatoms. The Labute approximate surface area is 87.2 Å². The first-order valence-corrected chi connectivity index (χ1v) is 5.71. The molecule has 0 radical (unpaired) electrons. The predicted molar refractivity (Wildman–Crippen MR) is 57.5 cm³/mol. The molecule has 2 unspecified atom stereocenters. The summed E-state index contributed by atoms with van der Waals surface area (Å²) < 4.78 is 10.7. The molecule has 0 spiro atoms. The lowest BCUT2D eigenvalue weighted by molar-refractivity contribution is 0.126. The van der Waals surface area contributed by atoms with Gasteiger partial charge < -0.3 is 14.8 Å². The summed E-state index contributed by atoms with van der Waals surface area (Å²) in [5.74, 6) is 0.779. The van der Waals surface area contributed by atoms with Crippen LogP contribution in [0.2, 0.25) is 0 Å². The SMILES string of the molecule is CCOCC(C)NCCC1CCOC1. The van der Waals surface area contributed by atoms with Gasteiger partial charge in [-0.1, -0.05) is 0 Å². The summed E-state index contributed by atoms with van der Waals surface area (Å²) in [6, 6.07) is 0.470. The largest absolute Gasteiger partial charge is 0.381 e. The van der Waals surface area contributed by atoms with Crippen molar-refractivity contribution in [3.8, 4) is 0 Å². The van der Waals surface area contributed by atoms with E-state index in [0.717, 1.165) is 38.9 Å². The van der Waals surface area contributed by atoms with Crippen molar-refractivity contribution >= 4 is 0 Å². The normalized spacial score (nSPS) is 24.0. The molecular weight excluding hydrogens is 178 g/mol. The van der Waals surface area contributed by atoms with Gasteiger partial charge in [0.05, 0.1) is 6.61 Å². The molecule has 0 saturated carbocycles. The van der Waals surface area contributed by atoms with E-state index in [2.05, 4.69) is 12.2 Å². The highest BCUT2D eigenvalue weighted by molar-refractivity contribution is 4.67. The lowest BCUT2D eigenvalue weighted by Crippen LogP contribution is -2.32. The van der Waals surface area contributed by atoms with Gasteiger partial charge in [0, 0.05) is 25.9 Å². The molecule has 0 bridgehead atoms. The number of nitrogens with one attached hydrogen (secondary N) is 1. The molecule has 0 aromatic rings. The number of rotatable bonds is 7. The van der Waals surface area contributed by atoms with Gasteiger partial charge in [0.25, 0.3) is 0 Å². The van der Waals surface area contributed by atoms with Crippen LogP contribution in [0.1, 0.15) is 26.7 Å². The fourth-order valence-electron chi connectivity index (χ4n) is 1.70. The summed E-state index contributed by atoms with van der Waals surface area (Å²) in [4.78, 5) is 0. The first kappa shape index (κ1) is 12.0. The van der Waals surface area contributed by atoms with E-state index in [1.807, 2.05) is 6.92 Å². The van der Waals surface area contributed by atoms with Crippen molar-refractivity contribution in [2.45, 2.75) is 32.7 Å². The summed E-state index contributed by atoms with van der Waals surface area (Å²) in [6.07, 6.45) is 2.47. The third-order valence-electron chi connectivity index (χ3n) is 2.64. The van der Waals surface area contributed by atoms with Crippen LogP contribution in [-0.4, -0.2) is 39.0 Å². The molecule has 1 rings (SSSR count). The summed E-state index contributed by atoms with van der Waals surface area (Å²) in [5.41, 5.74) is 0. The van der Waals surface area contributed by atoms with Crippen LogP contribution in [0.5, 0.6) is 0 Å². The van der Waals surface area contributed by atoms with Crippen molar-refractivity contribution < 1.29 is 9.47 Å². The molecule has 1 N–H and O–H groups in total. The van der Waals surface area contributed by atoms with E-state index in [4.69, 9.17) is 9.47 Å². The van der Waals surface area contributed by atoms with Gasteiger partial charge in [-0.2, -0.15) is 0 Å². The van der Waals surface area contributed by atoms with Crippen molar-refractivity contribution in [2.75, 3.05) is 33.0 Å². The molecular formula is C11H23NO2. The van der Waals surface area contributed by atoms with Crippen molar-refractivity contribution in [3.63, 3.8) is 0 Å². The van der Waals surface area contributed by atoms with Crippen LogP contribution in [0.15, 0.2) is 0 Å². The molecule has 1 aliphatic heterocycles. The monoisotopic (exact) mass is 201 g/mol. The quantitative estimate of drug-likeness (QED) is 0.676. The Morgan fingerprint density at radius 3 is 3.07 bits per heavy atom. The fraction of sp³-hybridized carbons (Fsp3) is 1.00. The molecule has 14 heavy (non-hydrogen) atoms. The zero-order valence-corrected chi connectivity index (χ0v) is 9.42. The Morgan fingerprint density at radius 2 is 2.43 bits per heavy atom. The Kier molecular flexibility index (Phi) is 6.15. The van der Waals surface area contributed by atoms with E-state index < -0.39 is 0 Å². The third kappa shape index (κ3) is 4.94. The minimum absolute atomic E-state index is 0.470. The van der Waals surface area contributed by atoms with E-state index in [-0.39, 0.29) is 0 Å². The maximum atomic E-state index is 5.33. The lowest BCUT2D eigenvalue weighted by atomic mass is 10.1. The molecule has 0 amide bonds. The molecule has 1 fully saturated rings. The molecule has 1 aliphatic rings. The summed E-state index contributed by atoms with van der Waals surface area (Å²) >= 11 is 0. The van der Waals surface area contributed by atoms with Crippen molar-refractivity contribution in [3.05, 3.63) is 0 Å². The summed E-state index contributed by atoms with van der Waals surface area (Å²) in [5, 5.41) is 3.46. The molecule has 0 aromatic carbocycles. The van der Waals surface area contributed by atoms with Gasteiger partial charge in [-0.3, -0.25) is 0 Å². The molecule has 1 heterocycles. The minimum atomic E-state index is 0.470.